The predicted octanol–water partition coefficient (Wildman–Crippen LogP) is 3.08. The van der Waals surface area contributed by atoms with Crippen molar-refractivity contribution in [2.24, 2.45) is 0 Å². The molecule has 1 rings (SSSR count). The highest BCUT2D eigenvalue weighted by Gasteiger charge is 2.14. The lowest BCUT2D eigenvalue weighted by Gasteiger charge is -2.14. The van der Waals surface area contributed by atoms with Gasteiger partial charge in [0.2, 0.25) is 0 Å². The first kappa shape index (κ1) is 10.1. The summed E-state index contributed by atoms with van der Waals surface area (Å²) in [6.45, 7) is 0. The van der Waals surface area contributed by atoms with E-state index in [0.717, 1.165) is 0 Å². The maximum atomic E-state index is 11.0. The third-order valence-electron chi connectivity index (χ3n) is 1.20. The third kappa shape index (κ3) is 1.40. The van der Waals surface area contributed by atoms with Crippen LogP contribution < -0.4 is 5.11 Å². The van der Waals surface area contributed by atoms with Gasteiger partial charge in [-0.3, -0.25) is 0 Å². The van der Waals surface area contributed by atoms with Crippen molar-refractivity contribution in [1.82, 2.24) is 0 Å². The van der Waals surface area contributed by atoms with Crippen LogP contribution in [-0.2, 0) is 0 Å². The van der Waals surface area contributed by atoms with E-state index in [1.807, 2.05) is 0 Å². The predicted molar refractivity (Wildman–Crippen MR) is 47.6 cm³/mol. The minimum atomic E-state index is -0.689. The second-order valence-electron chi connectivity index (χ2n) is 1.93. The smallest absolute Gasteiger partial charge is 0.155 e. The van der Waals surface area contributed by atoms with Gasteiger partial charge in [-0.15, -0.1) is 0 Å². The van der Waals surface area contributed by atoms with Crippen LogP contribution in [0.4, 0.5) is 0 Å². The van der Waals surface area contributed by atoms with Gasteiger partial charge >= 0.3 is 0 Å². The van der Waals surface area contributed by atoms with E-state index in [0.29, 0.717) is 0 Å². The average molecular weight is 247 g/mol. The molecule has 0 aromatic heterocycles. The minimum Gasteiger partial charge on any atom is -0.870 e. The van der Waals surface area contributed by atoms with Crippen LogP contribution in [-0.4, -0.2) is 5.11 Å². The molecule has 2 nitrogen and oxygen atoms in total. The second-order valence-corrected chi connectivity index (χ2v) is 3.45. The first-order valence-electron chi connectivity index (χ1n) is 2.68. The van der Waals surface area contributed by atoms with Gasteiger partial charge < -0.3 is 10.2 Å². The number of phenolic OH excluding ortho intramolecular Hbond substituents is 1. The van der Waals surface area contributed by atoms with Crippen LogP contribution in [0.3, 0.4) is 0 Å². The van der Waals surface area contributed by atoms with E-state index in [9.17, 15) is 5.11 Å². The summed E-state index contributed by atoms with van der Waals surface area (Å²) in [6, 6.07) is 0. The van der Waals surface area contributed by atoms with E-state index in [-0.39, 0.29) is 20.1 Å². The highest BCUT2D eigenvalue weighted by molar-refractivity contribution is 6.50. The number of hydrogen-bond acceptors (Lipinski definition) is 2. The summed E-state index contributed by atoms with van der Waals surface area (Å²) in [4.78, 5) is 0. The molecular weight excluding hydrogens is 246 g/mol. The monoisotopic (exact) mass is 245 g/mol. The molecule has 0 saturated carbocycles. The quantitative estimate of drug-likeness (QED) is 0.715. The molecule has 0 saturated heterocycles. The number of rotatable bonds is 0. The molecule has 6 heteroatoms. The van der Waals surface area contributed by atoms with Crippen LogP contribution in [0, 0.1) is 0 Å². The number of hydrogen-bond donors (Lipinski definition) is 1. The standard InChI is InChI=1S/C6H2Cl4O2/c7-1-2(8)6(12)4(10)3(9)5(1)11/h11-12H/p-1. The van der Waals surface area contributed by atoms with E-state index in [1.165, 1.54) is 0 Å². The zero-order chi connectivity index (χ0) is 9.46. The topological polar surface area (TPSA) is 43.3 Å². The minimum absolute atomic E-state index is 0.281. The summed E-state index contributed by atoms with van der Waals surface area (Å²) in [5.41, 5.74) is 0. The van der Waals surface area contributed by atoms with Gasteiger partial charge in [-0.25, -0.2) is 0 Å². The lowest BCUT2D eigenvalue weighted by molar-refractivity contribution is -0.268. The van der Waals surface area contributed by atoms with E-state index < -0.39 is 11.5 Å². The zero-order valence-electron chi connectivity index (χ0n) is 5.37. The van der Waals surface area contributed by atoms with Gasteiger partial charge in [-0.2, -0.15) is 0 Å². The Hall–Kier alpha value is -0.0200. The molecule has 0 heterocycles. The third-order valence-corrected chi connectivity index (χ3v) is 2.85. The molecule has 66 valence electrons. The molecule has 0 fully saturated rings. The Balaban J connectivity index is 3.60. The molecular formula is C6HCl4O2-. The molecule has 1 aromatic rings. The Kier molecular flexibility index (Phi) is 2.84. The van der Waals surface area contributed by atoms with E-state index in [2.05, 4.69) is 0 Å². The van der Waals surface area contributed by atoms with Crippen molar-refractivity contribution >= 4 is 46.4 Å². The molecule has 0 aliphatic carbocycles. The van der Waals surface area contributed by atoms with Crippen molar-refractivity contribution in [3.8, 4) is 11.5 Å². The van der Waals surface area contributed by atoms with Crippen molar-refractivity contribution < 1.29 is 10.2 Å². The highest BCUT2D eigenvalue weighted by Crippen LogP contribution is 2.47. The molecule has 0 aliphatic rings. The fourth-order valence-electron chi connectivity index (χ4n) is 0.600. The molecule has 0 bridgehead atoms. The Morgan fingerprint density at radius 1 is 0.833 bits per heavy atom. The Morgan fingerprint density at radius 3 is 1.50 bits per heavy atom. The Labute approximate surface area is 88.2 Å². The van der Waals surface area contributed by atoms with Crippen molar-refractivity contribution in [2.75, 3.05) is 0 Å². The summed E-state index contributed by atoms with van der Waals surface area (Å²) in [5, 5.41) is 18.9. The number of halogens is 4. The van der Waals surface area contributed by atoms with Crippen molar-refractivity contribution in [2.45, 2.75) is 0 Å². The molecule has 0 radical (unpaired) electrons. The number of benzene rings is 1. The van der Waals surface area contributed by atoms with E-state index >= 15 is 0 Å². The van der Waals surface area contributed by atoms with Crippen molar-refractivity contribution in [3.63, 3.8) is 0 Å². The summed E-state index contributed by atoms with van der Waals surface area (Å²) < 4.78 is 0. The molecule has 0 atom stereocenters. The molecule has 0 aliphatic heterocycles. The van der Waals surface area contributed by atoms with Gasteiger partial charge in [0.05, 0.1) is 10.0 Å². The Bertz CT molecular complexity index is 232. The van der Waals surface area contributed by atoms with E-state index in [4.69, 9.17) is 51.5 Å². The molecule has 0 unspecified atom stereocenters. The van der Waals surface area contributed by atoms with Gasteiger partial charge in [0, 0.05) is 0 Å². The maximum absolute atomic E-state index is 11.0. The first-order valence-corrected chi connectivity index (χ1v) is 4.20. The SMILES string of the molecule is [O-]c1c(Cl)c(Cl)c(O)c(Cl)c1Cl. The number of phenols is 1. The van der Waals surface area contributed by atoms with Crippen LogP contribution in [0.25, 0.3) is 0 Å². The zero-order valence-corrected chi connectivity index (χ0v) is 8.39. The highest BCUT2D eigenvalue weighted by atomic mass is 35.5. The van der Waals surface area contributed by atoms with Crippen LogP contribution in [0.1, 0.15) is 0 Å². The largest absolute Gasteiger partial charge is 0.870 e. The fourth-order valence-corrected chi connectivity index (χ4v) is 1.43. The summed E-state index contributed by atoms with van der Waals surface area (Å²) >= 11 is 21.7. The lowest BCUT2D eigenvalue weighted by Crippen LogP contribution is -1.93. The molecule has 0 amide bonds. The van der Waals surface area contributed by atoms with Gasteiger partial charge in [0.25, 0.3) is 0 Å². The second kappa shape index (κ2) is 3.38. The van der Waals surface area contributed by atoms with Crippen molar-refractivity contribution in [3.05, 3.63) is 20.1 Å². The van der Waals surface area contributed by atoms with Crippen LogP contribution in [0.5, 0.6) is 11.5 Å². The molecule has 12 heavy (non-hydrogen) atoms. The van der Waals surface area contributed by atoms with Crippen LogP contribution in [0.2, 0.25) is 20.1 Å². The normalized spacial score (nSPS) is 10.3. The van der Waals surface area contributed by atoms with Gasteiger partial charge in [-0.1, -0.05) is 52.2 Å². The summed E-state index contributed by atoms with van der Waals surface area (Å²) in [7, 11) is 0. The average Bonchev–Trinajstić information content (AvgIpc) is 2.08. The van der Waals surface area contributed by atoms with Crippen LogP contribution in [0.15, 0.2) is 0 Å². The Morgan fingerprint density at radius 2 is 1.17 bits per heavy atom. The molecule has 0 spiro atoms. The molecule has 1 N–H and O–H groups in total. The van der Waals surface area contributed by atoms with Gasteiger partial charge in [0.15, 0.2) is 5.75 Å². The lowest BCUT2D eigenvalue weighted by atomic mass is 10.3. The van der Waals surface area contributed by atoms with Gasteiger partial charge in [0.1, 0.15) is 10.0 Å². The van der Waals surface area contributed by atoms with Gasteiger partial charge in [-0.05, 0) is 0 Å². The van der Waals surface area contributed by atoms with E-state index in [1.54, 1.807) is 0 Å². The fraction of sp³-hybridized carbons (Fsp3) is 0. The molecule has 1 aromatic carbocycles. The summed E-state index contributed by atoms with van der Waals surface area (Å²) in [6.07, 6.45) is 0. The van der Waals surface area contributed by atoms with Crippen molar-refractivity contribution in [1.29, 1.82) is 0 Å². The summed E-state index contributed by atoms with van der Waals surface area (Å²) in [5.74, 6) is -1.17. The first-order chi connectivity index (χ1) is 5.46. The number of aromatic hydroxyl groups is 1. The maximum Gasteiger partial charge on any atom is 0.155 e. The van der Waals surface area contributed by atoms with Crippen LogP contribution >= 0.6 is 46.4 Å².